The monoisotopic (exact) mass is 278 g/mol. The van der Waals surface area contributed by atoms with Gasteiger partial charge in [-0.1, -0.05) is 13.3 Å². The number of carbonyl (C=O) groups excluding carboxylic acids is 1. The van der Waals surface area contributed by atoms with Crippen LogP contribution in [0.2, 0.25) is 0 Å². The summed E-state index contributed by atoms with van der Waals surface area (Å²) in [5.41, 5.74) is 0. The molecule has 0 spiro atoms. The maximum Gasteiger partial charge on any atom is 0.222 e. The molecule has 0 radical (unpaired) electrons. The zero-order valence-electron chi connectivity index (χ0n) is 12.9. The minimum Gasteiger partial charge on any atom is -0.341 e. The van der Waals surface area contributed by atoms with Gasteiger partial charge in [0.1, 0.15) is 0 Å². The Balaban J connectivity index is 1.51. The average molecular weight is 278 g/mol. The Morgan fingerprint density at radius 2 is 2.15 bits per heavy atom. The highest BCUT2D eigenvalue weighted by atomic mass is 16.2. The van der Waals surface area contributed by atoms with Crippen LogP contribution in [0.25, 0.3) is 0 Å². The Hall–Kier alpha value is -0.570. The van der Waals surface area contributed by atoms with Crippen molar-refractivity contribution < 1.29 is 4.79 Å². The van der Waals surface area contributed by atoms with Crippen molar-refractivity contribution in [3.8, 4) is 0 Å². The summed E-state index contributed by atoms with van der Waals surface area (Å²) in [7, 11) is 0. The Labute approximate surface area is 123 Å². The lowest BCUT2D eigenvalue weighted by molar-refractivity contribution is -0.133. The number of fused-ring (bicyclic) bond motifs is 2. The summed E-state index contributed by atoms with van der Waals surface area (Å²) in [5, 5.41) is 3.53. The number of nitrogens with zero attached hydrogens (tertiary/aromatic N) is 1. The largest absolute Gasteiger partial charge is 0.341 e. The van der Waals surface area contributed by atoms with Crippen molar-refractivity contribution in [1.29, 1.82) is 0 Å². The zero-order chi connectivity index (χ0) is 13.9. The number of nitrogens with one attached hydrogen (secondary N) is 1. The lowest BCUT2D eigenvalue weighted by Gasteiger charge is -2.29. The highest BCUT2D eigenvalue weighted by Crippen LogP contribution is 2.49. The van der Waals surface area contributed by atoms with Crippen LogP contribution in [0.15, 0.2) is 0 Å². The second kappa shape index (κ2) is 6.46. The minimum atomic E-state index is 0.429. The molecule has 3 rings (SSSR count). The lowest BCUT2D eigenvalue weighted by atomic mass is 9.86. The molecule has 20 heavy (non-hydrogen) atoms. The van der Waals surface area contributed by atoms with Crippen LogP contribution in [-0.2, 0) is 4.79 Å². The van der Waals surface area contributed by atoms with Crippen molar-refractivity contribution in [3.63, 3.8) is 0 Å². The smallest absolute Gasteiger partial charge is 0.222 e. The maximum absolute atomic E-state index is 12.7. The van der Waals surface area contributed by atoms with Crippen LogP contribution in [0.5, 0.6) is 0 Å². The Morgan fingerprint density at radius 1 is 1.25 bits per heavy atom. The molecule has 2 aliphatic carbocycles. The molecule has 1 N–H and O–H groups in total. The Morgan fingerprint density at radius 3 is 2.75 bits per heavy atom. The molecule has 114 valence electrons. The van der Waals surface area contributed by atoms with E-state index in [-0.39, 0.29) is 0 Å². The van der Waals surface area contributed by atoms with E-state index in [1.807, 2.05) is 0 Å². The van der Waals surface area contributed by atoms with Gasteiger partial charge in [0, 0.05) is 25.6 Å². The van der Waals surface area contributed by atoms with Gasteiger partial charge < -0.3 is 10.2 Å². The van der Waals surface area contributed by atoms with Gasteiger partial charge in [-0.3, -0.25) is 4.79 Å². The summed E-state index contributed by atoms with van der Waals surface area (Å²) in [4.78, 5) is 14.8. The van der Waals surface area contributed by atoms with Crippen molar-refractivity contribution in [1.82, 2.24) is 10.2 Å². The average Bonchev–Trinajstić information content (AvgIpc) is 3.15. The fourth-order valence-corrected chi connectivity index (χ4v) is 4.75. The molecule has 4 unspecified atom stereocenters. The molecule has 3 nitrogen and oxygen atoms in total. The number of rotatable bonds is 6. The van der Waals surface area contributed by atoms with E-state index in [0.29, 0.717) is 17.9 Å². The molecule has 3 aliphatic rings. The molecule has 4 atom stereocenters. The maximum atomic E-state index is 12.7. The van der Waals surface area contributed by atoms with Crippen LogP contribution in [0.1, 0.15) is 58.3 Å². The van der Waals surface area contributed by atoms with Crippen molar-refractivity contribution >= 4 is 5.91 Å². The van der Waals surface area contributed by atoms with E-state index in [1.165, 1.54) is 38.5 Å². The highest BCUT2D eigenvalue weighted by molar-refractivity contribution is 5.76. The molecule has 2 bridgehead atoms. The predicted molar refractivity (Wildman–Crippen MR) is 81.5 cm³/mol. The van der Waals surface area contributed by atoms with Crippen molar-refractivity contribution in [2.45, 2.75) is 64.3 Å². The standard InChI is InChI=1S/C17H30N2O/c1-2-8-19(12-16-4-3-7-18-16)17(20)11-15-10-13-5-6-14(15)9-13/h13-16,18H,2-12H2,1H3. The fraction of sp³-hybridized carbons (Fsp3) is 0.941. The Bertz CT molecular complexity index is 338. The van der Waals surface area contributed by atoms with E-state index in [0.717, 1.165) is 44.3 Å². The molecule has 0 aromatic rings. The van der Waals surface area contributed by atoms with Crippen LogP contribution >= 0.6 is 0 Å². The normalized spacial score (nSPS) is 35.6. The lowest BCUT2D eigenvalue weighted by Crippen LogP contribution is -2.42. The molecule has 1 amide bonds. The first kappa shape index (κ1) is 14.4. The molecule has 1 aliphatic heterocycles. The van der Waals surface area contributed by atoms with E-state index in [4.69, 9.17) is 0 Å². The number of carbonyl (C=O) groups is 1. The molecule has 0 aromatic carbocycles. The zero-order valence-corrected chi connectivity index (χ0v) is 12.9. The first-order chi connectivity index (χ1) is 9.76. The third-order valence-electron chi connectivity index (χ3n) is 5.77. The molecule has 0 aromatic heterocycles. The summed E-state index contributed by atoms with van der Waals surface area (Å²) in [6, 6.07) is 0.547. The van der Waals surface area contributed by atoms with Gasteiger partial charge >= 0.3 is 0 Å². The summed E-state index contributed by atoms with van der Waals surface area (Å²) in [5.74, 6) is 2.96. The second-order valence-corrected chi connectivity index (χ2v) is 7.27. The van der Waals surface area contributed by atoms with Crippen LogP contribution < -0.4 is 5.32 Å². The van der Waals surface area contributed by atoms with Gasteiger partial charge in [-0.05, 0) is 62.8 Å². The molecule has 2 saturated carbocycles. The molecule has 3 fully saturated rings. The number of hydrogen-bond donors (Lipinski definition) is 1. The third-order valence-corrected chi connectivity index (χ3v) is 5.77. The van der Waals surface area contributed by atoms with Crippen molar-refractivity contribution in [2.24, 2.45) is 17.8 Å². The van der Waals surface area contributed by atoms with Gasteiger partial charge in [0.2, 0.25) is 5.91 Å². The van der Waals surface area contributed by atoms with Gasteiger partial charge in [-0.2, -0.15) is 0 Å². The first-order valence-corrected chi connectivity index (χ1v) is 8.77. The van der Waals surface area contributed by atoms with Gasteiger partial charge in [0.25, 0.3) is 0 Å². The van der Waals surface area contributed by atoms with E-state index >= 15 is 0 Å². The summed E-state index contributed by atoms with van der Waals surface area (Å²) < 4.78 is 0. The van der Waals surface area contributed by atoms with E-state index in [2.05, 4.69) is 17.1 Å². The molecule has 1 heterocycles. The quantitative estimate of drug-likeness (QED) is 0.810. The Kier molecular flexibility index (Phi) is 4.65. The van der Waals surface area contributed by atoms with Gasteiger partial charge in [-0.15, -0.1) is 0 Å². The topological polar surface area (TPSA) is 32.3 Å². The van der Waals surface area contributed by atoms with Gasteiger partial charge in [-0.25, -0.2) is 0 Å². The van der Waals surface area contributed by atoms with Crippen molar-refractivity contribution in [2.75, 3.05) is 19.6 Å². The van der Waals surface area contributed by atoms with Crippen molar-refractivity contribution in [3.05, 3.63) is 0 Å². The van der Waals surface area contributed by atoms with Crippen LogP contribution in [0, 0.1) is 17.8 Å². The first-order valence-electron chi connectivity index (χ1n) is 8.77. The molecule has 1 saturated heterocycles. The SMILES string of the molecule is CCCN(CC1CCCN1)C(=O)CC1CC2CCC1C2. The van der Waals surface area contributed by atoms with E-state index in [1.54, 1.807) is 0 Å². The second-order valence-electron chi connectivity index (χ2n) is 7.27. The predicted octanol–water partition coefficient (Wildman–Crippen LogP) is 2.80. The minimum absolute atomic E-state index is 0.429. The fourth-order valence-electron chi connectivity index (χ4n) is 4.75. The summed E-state index contributed by atoms with van der Waals surface area (Å²) in [6.45, 7) is 5.19. The number of hydrogen-bond acceptors (Lipinski definition) is 2. The molecular weight excluding hydrogens is 248 g/mol. The van der Waals surface area contributed by atoms with Gasteiger partial charge in [0.05, 0.1) is 0 Å². The van der Waals surface area contributed by atoms with Gasteiger partial charge in [0.15, 0.2) is 0 Å². The number of amides is 1. The van der Waals surface area contributed by atoms with E-state index in [9.17, 15) is 4.79 Å². The van der Waals surface area contributed by atoms with E-state index < -0.39 is 0 Å². The summed E-state index contributed by atoms with van der Waals surface area (Å²) >= 11 is 0. The molecule has 3 heteroatoms. The summed E-state index contributed by atoms with van der Waals surface area (Å²) in [6.07, 6.45) is 9.98. The molecular formula is C17H30N2O. The third kappa shape index (κ3) is 3.19. The van der Waals surface area contributed by atoms with Crippen LogP contribution in [0.4, 0.5) is 0 Å². The highest BCUT2D eigenvalue weighted by Gasteiger charge is 2.40. The van der Waals surface area contributed by atoms with Crippen LogP contribution in [0.3, 0.4) is 0 Å². The van der Waals surface area contributed by atoms with Crippen LogP contribution in [-0.4, -0.2) is 36.5 Å².